The van der Waals surface area contributed by atoms with E-state index in [9.17, 15) is 0 Å². The first-order chi connectivity index (χ1) is 6.41. The molecule has 1 heteroatoms. The van der Waals surface area contributed by atoms with Crippen LogP contribution in [0.2, 0.25) is 0 Å². The Morgan fingerprint density at radius 2 is 1.23 bits per heavy atom. The van der Waals surface area contributed by atoms with E-state index >= 15 is 0 Å². The molecule has 0 amide bonds. The van der Waals surface area contributed by atoms with Crippen molar-refractivity contribution in [2.24, 2.45) is 0 Å². The van der Waals surface area contributed by atoms with Crippen molar-refractivity contribution in [2.45, 2.75) is 26.7 Å². The van der Waals surface area contributed by atoms with E-state index in [1.54, 1.807) is 12.5 Å². The van der Waals surface area contributed by atoms with Crippen LogP contribution in [0.1, 0.15) is 26.7 Å². The number of rotatable bonds is 6. The molecular weight excluding hydrogens is 160 g/mol. The highest BCUT2D eigenvalue weighted by Gasteiger charge is 1.67. The first-order valence-electron chi connectivity index (χ1n) is 4.70. The Morgan fingerprint density at radius 3 is 1.62 bits per heavy atom. The van der Waals surface area contributed by atoms with Gasteiger partial charge < -0.3 is 4.74 Å². The van der Waals surface area contributed by atoms with Crippen molar-refractivity contribution in [1.29, 1.82) is 0 Å². The molecule has 0 fully saturated rings. The predicted molar refractivity (Wildman–Crippen MR) is 58.2 cm³/mol. The SMILES string of the molecule is CC/C=C/C=C/O/C=C/C=C/CC. The topological polar surface area (TPSA) is 9.23 Å². The Bertz CT molecular complexity index is 175. The zero-order chi connectivity index (χ0) is 9.78. The van der Waals surface area contributed by atoms with Crippen LogP contribution in [0, 0.1) is 0 Å². The standard InChI is InChI=1S/C12H18O/c1-3-5-7-9-11-13-12-10-8-6-4-2/h5-12H,3-4H2,1-2H3/b7-5+,8-6+,11-9+,12-10+. The summed E-state index contributed by atoms with van der Waals surface area (Å²) >= 11 is 0. The van der Waals surface area contributed by atoms with Gasteiger partial charge in [0.1, 0.15) is 0 Å². The lowest BCUT2D eigenvalue weighted by atomic mass is 10.4. The maximum absolute atomic E-state index is 5.06. The minimum absolute atomic E-state index is 1.05. The van der Waals surface area contributed by atoms with Gasteiger partial charge in [0.15, 0.2) is 0 Å². The highest BCUT2D eigenvalue weighted by molar-refractivity contribution is 5.02. The zero-order valence-electron chi connectivity index (χ0n) is 8.44. The van der Waals surface area contributed by atoms with Gasteiger partial charge in [-0.05, 0) is 25.0 Å². The van der Waals surface area contributed by atoms with Crippen molar-refractivity contribution in [3.63, 3.8) is 0 Å². The van der Waals surface area contributed by atoms with Gasteiger partial charge in [-0.1, -0.05) is 38.2 Å². The van der Waals surface area contributed by atoms with Crippen molar-refractivity contribution in [1.82, 2.24) is 0 Å². The third-order valence-electron chi connectivity index (χ3n) is 1.28. The quantitative estimate of drug-likeness (QED) is 0.442. The van der Waals surface area contributed by atoms with Crippen LogP contribution in [0.5, 0.6) is 0 Å². The Balaban J connectivity index is 3.43. The molecule has 72 valence electrons. The van der Waals surface area contributed by atoms with Gasteiger partial charge in [-0.15, -0.1) is 0 Å². The maximum Gasteiger partial charge on any atom is 0.0901 e. The Hall–Kier alpha value is -1.24. The van der Waals surface area contributed by atoms with Gasteiger partial charge in [0.05, 0.1) is 12.5 Å². The average molecular weight is 178 g/mol. The van der Waals surface area contributed by atoms with E-state index in [2.05, 4.69) is 26.0 Å². The summed E-state index contributed by atoms with van der Waals surface area (Å²) in [6, 6.07) is 0. The first kappa shape index (κ1) is 11.8. The van der Waals surface area contributed by atoms with E-state index in [1.807, 2.05) is 24.3 Å². The van der Waals surface area contributed by atoms with Crippen LogP contribution in [-0.2, 0) is 4.74 Å². The van der Waals surface area contributed by atoms with E-state index < -0.39 is 0 Å². The van der Waals surface area contributed by atoms with Crippen LogP contribution >= 0.6 is 0 Å². The van der Waals surface area contributed by atoms with Gasteiger partial charge in [-0.3, -0.25) is 0 Å². The van der Waals surface area contributed by atoms with E-state index in [1.165, 1.54) is 0 Å². The summed E-state index contributed by atoms with van der Waals surface area (Å²) in [5, 5.41) is 0. The molecular formula is C12H18O. The maximum atomic E-state index is 5.06. The van der Waals surface area contributed by atoms with Crippen molar-refractivity contribution in [2.75, 3.05) is 0 Å². The van der Waals surface area contributed by atoms with Crippen LogP contribution in [0.3, 0.4) is 0 Å². The third-order valence-corrected chi connectivity index (χ3v) is 1.28. The molecule has 0 saturated heterocycles. The fourth-order valence-corrected chi connectivity index (χ4v) is 0.656. The average Bonchev–Trinajstić information content (AvgIpc) is 2.16. The van der Waals surface area contributed by atoms with Gasteiger partial charge in [-0.25, -0.2) is 0 Å². The van der Waals surface area contributed by atoms with Crippen molar-refractivity contribution >= 4 is 0 Å². The molecule has 0 aromatic heterocycles. The molecule has 0 aliphatic carbocycles. The molecule has 0 heterocycles. The molecule has 0 atom stereocenters. The van der Waals surface area contributed by atoms with Crippen LogP contribution in [0.15, 0.2) is 49.0 Å². The van der Waals surface area contributed by atoms with Crippen LogP contribution in [-0.4, -0.2) is 0 Å². The van der Waals surface area contributed by atoms with E-state index in [0.717, 1.165) is 12.8 Å². The largest absolute Gasteiger partial charge is 0.473 e. The molecule has 0 spiro atoms. The van der Waals surface area contributed by atoms with Gasteiger partial charge in [-0.2, -0.15) is 0 Å². The van der Waals surface area contributed by atoms with Crippen molar-refractivity contribution < 1.29 is 4.74 Å². The molecule has 1 nitrogen and oxygen atoms in total. The predicted octanol–water partition coefficient (Wildman–Crippen LogP) is 3.96. The Labute approximate surface area is 81.1 Å². The third kappa shape index (κ3) is 10.8. The van der Waals surface area contributed by atoms with Crippen LogP contribution in [0.4, 0.5) is 0 Å². The smallest absolute Gasteiger partial charge is 0.0901 e. The molecule has 0 rings (SSSR count). The molecule has 0 aromatic carbocycles. The number of hydrogen-bond acceptors (Lipinski definition) is 1. The fraction of sp³-hybridized carbons (Fsp3) is 0.333. The second kappa shape index (κ2) is 10.8. The lowest BCUT2D eigenvalue weighted by molar-refractivity contribution is 0.403. The van der Waals surface area contributed by atoms with E-state index in [0.29, 0.717) is 0 Å². The summed E-state index contributed by atoms with van der Waals surface area (Å²) in [4.78, 5) is 0. The van der Waals surface area contributed by atoms with Gasteiger partial charge >= 0.3 is 0 Å². The zero-order valence-corrected chi connectivity index (χ0v) is 8.44. The van der Waals surface area contributed by atoms with Gasteiger partial charge in [0.25, 0.3) is 0 Å². The lowest BCUT2D eigenvalue weighted by Crippen LogP contribution is -1.63. The number of ether oxygens (including phenoxy) is 1. The van der Waals surface area contributed by atoms with E-state index in [-0.39, 0.29) is 0 Å². The first-order valence-corrected chi connectivity index (χ1v) is 4.70. The van der Waals surface area contributed by atoms with Crippen LogP contribution in [0.25, 0.3) is 0 Å². The summed E-state index contributed by atoms with van der Waals surface area (Å²) in [5.41, 5.74) is 0. The summed E-state index contributed by atoms with van der Waals surface area (Å²) < 4.78 is 5.06. The molecule has 0 bridgehead atoms. The van der Waals surface area contributed by atoms with Gasteiger partial charge in [0.2, 0.25) is 0 Å². The lowest BCUT2D eigenvalue weighted by Gasteiger charge is -1.85. The van der Waals surface area contributed by atoms with E-state index in [4.69, 9.17) is 4.74 Å². The molecule has 0 saturated carbocycles. The second-order valence-electron chi connectivity index (χ2n) is 2.47. The fourth-order valence-electron chi connectivity index (χ4n) is 0.656. The van der Waals surface area contributed by atoms with Gasteiger partial charge in [0, 0.05) is 0 Å². The molecule has 0 radical (unpaired) electrons. The second-order valence-corrected chi connectivity index (χ2v) is 2.47. The highest BCUT2D eigenvalue weighted by atomic mass is 16.5. The summed E-state index contributed by atoms with van der Waals surface area (Å²) in [6.45, 7) is 4.20. The molecule has 0 aliphatic heterocycles. The molecule has 13 heavy (non-hydrogen) atoms. The number of hydrogen-bond donors (Lipinski definition) is 0. The normalized spacial score (nSPS) is 12.8. The molecule has 0 unspecified atom stereocenters. The van der Waals surface area contributed by atoms with Crippen molar-refractivity contribution in [3.8, 4) is 0 Å². The minimum Gasteiger partial charge on any atom is -0.473 e. The van der Waals surface area contributed by atoms with Crippen LogP contribution < -0.4 is 0 Å². The molecule has 0 aromatic rings. The highest BCUT2D eigenvalue weighted by Crippen LogP contribution is 1.86. The molecule has 0 aliphatic rings. The summed E-state index contributed by atoms with van der Waals surface area (Å²) in [5.74, 6) is 0. The summed E-state index contributed by atoms with van der Waals surface area (Å²) in [7, 11) is 0. The van der Waals surface area contributed by atoms with Crippen molar-refractivity contribution in [3.05, 3.63) is 49.0 Å². The minimum atomic E-state index is 1.05. The Kier molecular flexibility index (Phi) is 9.73. The molecule has 0 N–H and O–H groups in total. The monoisotopic (exact) mass is 178 g/mol. The Morgan fingerprint density at radius 1 is 0.769 bits per heavy atom. The summed E-state index contributed by atoms with van der Waals surface area (Å²) in [6.07, 6.45) is 17.2. The number of allylic oxidation sites excluding steroid dienone is 6.